The summed E-state index contributed by atoms with van der Waals surface area (Å²) in [6.07, 6.45) is 7.12. The van der Waals surface area contributed by atoms with Crippen molar-refractivity contribution >= 4 is 15.9 Å². The first kappa shape index (κ1) is 12.5. The van der Waals surface area contributed by atoms with E-state index in [1.165, 1.54) is 17.5 Å². The first-order chi connectivity index (χ1) is 8.66. The quantitative estimate of drug-likeness (QED) is 0.904. The summed E-state index contributed by atoms with van der Waals surface area (Å²) in [6.45, 7) is 0.775. The van der Waals surface area contributed by atoms with Gasteiger partial charge in [0.2, 0.25) is 0 Å². The number of halogens is 1. The lowest BCUT2D eigenvalue weighted by molar-refractivity contribution is 0.00403. The Morgan fingerprint density at radius 2 is 2.00 bits per heavy atom. The highest BCUT2D eigenvalue weighted by Gasteiger charge is 2.31. The van der Waals surface area contributed by atoms with E-state index in [-0.39, 0.29) is 0 Å². The van der Waals surface area contributed by atoms with Crippen LogP contribution >= 0.6 is 15.9 Å². The Morgan fingerprint density at radius 3 is 2.78 bits per heavy atom. The molecule has 0 atom stereocenters. The van der Waals surface area contributed by atoms with Gasteiger partial charge in [-0.2, -0.15) is 0 Å². The third-order valence-corrected chi connectivity index (χ3v) is 4.59. The summed E-state index contributed by atoms with van der Waals surface area (Å²) in [5, 5.41) is 10.7. The van der Waals surface area contributed by atoms with Crippen molar-refractivity contribution in [3.63, 3.8) is 0 Å². The molecule has 98 valence electrons. The van der Waals surface area contributed by atoms with Crippen LogP contribution in [0.2, 0.25) is 0 Å². The molecule has 0 amide bonds. The highest BCUT2D eigenvalue weighted by atomic mass is 79.9. The van der Waals surface area contributed by atoms with Gasteiger partial charge in [0, 0.05) is 17.3 Å². The van der Waals surface area contributed by atoms with Crippen molar-refractivity contribution in [1.82, 2.24) is 0 Å². The van der Waals surface area contributed by atoms with Gasteiger partial charge in [-0.1, -0.05) is 35.2 Å². The minimum Gasteiger partial charge on any atom is -0.493 e. The average Bonchev–Trinajstić information content (AvgIpc) is 2.77. The van der Waals surface area contributed by atoms with Gasteiger partial charge in [0.15, 0.2) is 0 Å². The molecule has 1 aromatic rings. The van der Waals surface area contributed by atoms with Gasteiger partial charge in [-0.25, -0.2) is 0 Å². The van der Waals surface area contributed by atoms with E-state index in [2.05, 4.69) is 28.1 Å². The summed E-state index contributed by atoms with van der Waals surface area (Å²) < 4.78 is 6.84. The fraction of sp³-hybridized carbons (Fsp3) is 0.600. The third kappa shape index (κ3) is 2.43. The van der Waals surface area contributed by atoms with Gasteiger partial charge in [-0.15, -0.1) is 0 Å². The molecular weight excluding hydrogens is 292 g/mol. The van der Waals surface area contributed by atoms with Crippen molar-refractivity contribution < 1.29 is 9.84 Å². The van der Waals surface area contributed by atoms with Crippen LogP contribution in [0.1, 0.15) is 43.2 Å². The molecule has 18 heavy (non-hydrogen) atoms. The van der Waals surface area contributed by atoms with Crippen LogP contribution < -0.4 is 4.74 Å². The lowest BCUT2D eigenvalue weighted by atomic mass is 9.80. The second-order valence-electron chi connectivity index (χ2n) is 5.61. The maximum absolute atomic E-state index is 10.7. The van der Waals surface area contributed by atoms with Gasteiger partial charge in [0.25, 0.3) is 0 Å². The Morgan fingerprint density at radius 1 is 1.22 bits per heavy atom. The van der Waals surface area contributed by atoms with E-state index in [0.29, 0.717) is 0 Å². The third-order valence-electron chi connectivity index (χ3n) is 4.13. The molecule has 1 fully saturated rings. The lowest BCUT2D eigenvalue weighted by Gasteiger charge is -2.32. The molecule has 0 radical (unpaired) electrons. The van der Waals surface area contributed by atoms with E-state index < -0.39 is 5.60 Å². The molecule has 3 rings (SSSR count). The Kier molecular flexibility index (Phi) is 3.37. The molecule has 0 spiro atoms. The summed E-state index contributed by atoms with van der Waals surface area (Å²) in [6, 6.07) is 4.24. The van der Waals surface area contributed by atoms with Crippen LogP contribution in [0.5, 0.6) is 5.75 Å². The molecule has 2 nitrogen and oxygen atoms in total. The van der Waals surface area contributed by atoms with Crippen LogP contribution in [0.25, 0.3) is 0 Å². The highest BCUT2D eigenvalue weighted by Crippen LogP contribution is 2.38. The smallest absolute Gasteiger partial charge is 0.125 e. The van der Waals surface area contributed by atoms with Crippen molar-refractivity contribution in [2.24, 2.45) is 0 Å². The summed E-state index contributed by atoms with van der Waals surface area (Å²) in [5.74, 6) is 1.03. The van der Waals surface area contributed by atoms with Crippen molar-refractivity contribution in [3.05, 3.63) is 27.7 Å². The maximum atomic E-state index is 10.7. The minimum absolute atomic E-state index is 0.515. The van der Waals surface area contributed by atoms with E-state index in [9.17, 15) is 5.11 Å². The fourth-order valence-electron chi connectivity index (χ4n) is 3.22. The van der Waals surface area contributed by atoms with Crippen LogP contribution in [0.3, 0.4) is 0 Å². The first-order valence-electron chi connectivity index (χ1n) is 6.83. The van der Waals surface area contributed by atoms with Crippen LogP contribution in [0.15, 0.2) is 16.6 Å². The molecule has 1 aromatic carbocycles. The average molecular weight is 311 g/mol. The predicted octanol–water partition coefficient (Wildman–Crippen LogP) is 3.62. The van der Waals surface area contributed by atoms with Gasteiger partial charge in [-0.05, 0) is 36.1 Å². The van der Waals surface area contributed by atoms with Gasteiger partial charge < -0.3 is 9.84 Å². The number of benzene rings is 1. The second kappa shape index (κ2) is 4.86. The summed E-state index contributed by atoms with van der Waals surface area (Å²) in [4.78, 5) is 0. The van der Waals surface area contributed by atoms with Crippen LogP contribution in [-0.2, 0) is 12.8 Å². The lowest BCUT2D eigenvalue weighted by Crippen LogP contribution is -2.33. The van der Waals surface area contributed by atoms with E-state index in [1.54, 1.807) is 0 Å². The van der Waals surface area contributed by atoms with E-state index in [0.717, 1.165) is 55.4 Å². The van der Waals surface area contributed by atoms with Crippen LogP contribution in [0.4, 0.5) is 0 Å². The molecule has 1 aliphatic carbocycles. The van der Waals surface area contributed by atoms with Gasteiger partial charge in [-0.3, -0.25) is 0 Å². The topological polar surface area (TPSA) is 29.5 Å². The van der Waals surface area contributed by atoms with Crippen molar-refractivity contribution in [3.8, 4) is 5.75 Å². The Hall–Kier alpha value is -0.540. The maximum Gasteiger partial charge on any atom is 0.125 e. The zero-order chi connectivity index (χ0) is 12.6. The normalized spacial score (nSPS) is 21.4. The molecule has 1 aliphatic heterocycles. The minimum atomic E-state index is -0.515. The number of rotatable bonds is 2. The predicted molar refractivity (Wildman–Crippen MR) is 75.1 cm³/mol. The molecule has 2 aliphatic rings. The molecule has 3 heteroatoms. The molecule has 0 bridgehead atoms. The summed E-state index contributed by atoms with van der Waals surface area (Å²) in [7, 11) is 0. The zero-order valence-electron chi connectivity index (χ0n) is 10.5. The number of hydrogen-bond acceptors (Lipinski definition) is 2. The molecule has 1 N–H and O–H groups in total. The Bertz CT molecular complexity index is 450. The Balaban J connectivity index is 1.88. The fourth-order valence-corrected chi connectivity index (χ4v) is 3.77. The van der Waals surface area contributed by atoms with E-state index in [4.69, 9.17) is 4.74 Å². The SMILES string of the molecule is OC1(Cc2cc(Br)cc3c2OCC3)CCCCC1. The monoisotopic (exact) mass is 310 g/mol. The number of aliphatic hydroxyl groups is 1. The largest absolute Gasteiger partial charge is 0.493 e. The molecular formula is C15H19BrO2. The van der Waals surface area contributed by atoms with Crippen LogP contribution in [0, 0.1) is 0 Å². The summed E-state index contributed by atoms with van der Waals surface area (Å²) >= 11 is 3.56. The molecule has 0 saturated heterocycles. The zero-order valence-corrected chi connectivity index (χ0v) is 12.1. The first-order valence-corrected chi connectivity index (χ1v) is 7.62. The van der Waals surface area contributed by atoms with Crippen molar-refractivity contribution in [2.75, 3.05) is 6.61 Å². The van der Waals surface area contributed by atoms with Gasteiger partial charge in [0.1, 0.15) is 5.75 Å². The second-order valence-corrected chi connectivity index (χ2v) is 6.53. The number of fused-ring (bicyclic) bond motifs is 1. The van der Waals surface area contributed by atoms with Crippen LogP contribution in [-0.4, -0.2) is 17.3 Å². The highest BCUT2D eigenvalue weighted by molar-refractivity contribution is 9.10. The van der Waals surface area contributed by atoms with E-state index >= 15 is 0 Å². The van der Waals surface area contributed by atoms with Crippen molar-refractivity contribution in [1.29, 1.82) is 0 Å². The number of hydrogen-bond donors (Lipinski definition) is 1. The summed E-state index contributed by atoms with van der Waals surface area (Å²) in [5.41, 5.74) is 1.93. The molecule has 0 aromatic heterocycles. The standard InChI is InChI=1S/C15H19BrO2/c16-13-8-11-4-7-18-14(11)12(9-13)10-15(17)5-2-1-3-6-15/h8-9,17H,1-7,10H2. The molecule has 1 heterocycles. The molecule has 1 saturated carbocycles. The van der Waals surface area contributed by atoms with Gasteiger partial charge >= 0.3 is 0 Å². The van der Waals surface area contributed by atoms with Gasteiger partial charge in [0.05, 0.1) is 12.2 Å². The van der Waals surface area contributed by atoms with E-state index in [1.807, 2.05) is 0 Å². The molecule has 0 unspecified atom stereocenters. The van der Waals surface area contributed by atoms with Crippen molar-refractivity contribution in [2.45, 2.75) is 50.5 Å². The number of ether oxygens (including phenoxy) is 1. The Labute approximate surface area is 116 Å².